The van der Waals surface area contributed by atoms with E-state index in [2.05, 4.69) is 10.3 Å². The van der Waals surface area contributed by atoms with Crippen molar-refractivity contribution in [1.82, 2.24) is 4.98 Å². The monoisotopic (exact) mass is 350 g/mol. The van der Waals surface area contributed by atoms with Crippen molar-refractivity contribution in [1.29, 1.82) is 0 Å². The first-order chi connectivity index (χ1) is 12.4. The number of fused-ring (bicyclic) bond motifs is 1. The molecule has 0 saturated heterocycles. The lowest BCUT2D eigenvalue weighted by atomic mass is 10.1. The Morgan fingerprint density at radius 1 is 1.04 bits per heavy atom. The van der Waals surface area contributed by atoms with Crippen molar-refractivity contribution in [2.75, 3.05) is 5.32 Å². The van der Waals surface area contributed by atoms with Crippen LogP contribution in [0.2, 0.25) is 0 Å². The maximum atomic E-state index is 12.2. The number of para-hydroxylation sites is 1. The molecule has 1 amide bonds. The lowest BCUT2D eigenvalue weighted by molar-refractivity contribution is -0.123. The zero-order chi connectivity index (χ0) is 18.7. The van der Waals surface area contributed by atoms with Crippen LogP contribution in [0, 0.1) is 0 Å². The molecule has 0 spiro atoms. The Hall–Kier alpha value is -3.41. The van der Waals surface area contributed by atoms with Crippen LogP contribution in [0.4, 0.5) is 5.69 Å². The van der Waals surface area contributed by atoms with Crippen LogP contribution in [0.3, 0.4) is 0 Å². The Bertz CT molecular complexity index is 957. The summed E-state index contributed by atoms with van der Waals surface area (Å²) in [7, 11) is 0. The molecule has 3 rings (SSSR count). The summed E-state index contributed by atoms with van der Waals surface area (Å²) in [4.78, 5) is 38.9. The van der Waals surface area contributed by atoms with Crippen LogP contribution in [0.15, 0.2) is 54.6 Å². The summed E-state index contributed by atoms with van der Waals surface area (Å²) in [5.74, 6) is -1.18. The van der Waals surface area contributed by atoms with Gasteiger partial charge < -0.3 is 15.0 Å². The van der Waals surface area contributed by atoms with E-state index >= 15 is 0 Å². The summed E-state index contributed by atoms with van der Waals surface area (Å²) >= 11 is 0. The van der Waals surface area contributed by atoms with Crippen LogP contribution in [0.25, 0.3) is 10.9 Å². The Balaban J connectivity index is 1.66. The molecule has 0 aliphatic heterocycles. The largest absolute Gasteiger partial charge is 0.448 e. The number of aromatic amines is 1. The van der Waals surface area contributed by atoms with Crippen molar-refractivity contribution in [3.05, 3.63) is 65.9 Å². The van der Waals surface area contributed by atoms with Crippen molar-refractivity contribution in [2.24, 2.45) is 0 Å². The Morgan fingerprint density at radius 3 is 2.54 bits per heavy atom. The fourth-order valence-electron chi connectivity index (χ4n) is 2.52. The highest BCUT2D eigenvalue weighted by Crippen LogP contribution is 2.16. The fraction of sp³-hybridized carbons (Fsp3) is 0.150. The number of anilines is 1. The molecule has 6 nitrogen and oxygen atoms in total. The fourth-order valence-corrected chi connectivity index (χ4v) is 2.52. The van der Waals surface area contributed by atoms with Crippen molar-refractivity contribution >= 4 is 34.3 Å². The molecule has 2 aromatic carbocycles. The predicted molar refractivity (Wildman–Crippen MR) is 98.3 cm³/mol. The first-order valence-electron chi connectivity index (χ1n) is 8.14. The molecule has 0 unspecified atom stereocenters. The van der Waals surface area contributed by atoms with Gasteiger partial charge in [0.1, 0.15) is 5.69 Å². The van der Waals surface area contributed by atoms with Gasteiger partial charge >= 0.3 is 5.97 Å². The third-order valence-corrected chi connectivity index (χ3v) is 3.94. The van der Waals surface area contributed by atoms with Gasteiger partial charge in [-0.1, -0.05) is 30.3 Å². The number of hydrogen-bond donors (Lipinski definition) is 2. The molecule has 0 bridgehead atoms. The minimum Gasteiger partial charge on any atom is -0.448 e. The Kier molecular flexibility index (Phi) is 4.84. The minimum atomic E-state index is -0.991. The van der Waals surface area contributed by atoms with Crippen LogP contribution in [0.5, 0.6) is 0 Å². The molecule has 0 saturated carbocycles. The molecule has 0 fully saturated rings. The highest BCUT2D eigenvalue weighted by molar-refractivity contribution is 6.00. The van der Waals surface area contributed by atoms with Crippen molar-refractivity contribution in [3.63, 3.8) is 0 Å². The van der Waals surface area contributed by atoms with Gasteiger partial charge in [0, 0.05) is 22.2 Å². The van der Waals surface area contributed by atoms with Gasteiger partial charge in [0.2, 0.25) is 0 Å². The number of nitrogens with one attached hydrogen (secondary N) is 2. The summed E-state index contributed by atoms with van der Waals surface area (Å²) in [5, 5.41) is 3.53. The topological polar surface area (TPSA) is 88.3 Å². The SMILES string of the molecule is CC(=O)c1cccc(NC(=O)[C@@H](C)OC(=O)c2cc3ccccc3[nH]2)c1. The summed E-state index contributed by atoms with van der Waals surface area (Å²) in [6.45, 7) is 2.94. The molecule has 0 aliphatic carbocycles. The molecule has 26 heavy (non-hydrogen) atoms. The average Bonchev–Trinajstić information content (AvgIpc) is 3.06. The van der Waals surface area contributed by atoms with E-state index in [0.29, 0.717) is 11.3 Å². The molecule has 1 heterocycles. The molecular formula is C20H18N2O4. The number of rotatable bonds is 5. The molecule has 6 heteroatoms. The number of ketones is 1. The van der Waals surface area contributed by atoms with Gasteiger partial charge in [-0.05, 0) is 38.1 Å². The maximum absolute atomic E-state index is 12.2. The number of benzene rings is 2. The number of carbonyl (C=O) groups excluding carboxylic acids is 3. The Morgan fingerprint density at radius 2 is 1.81 bits per heavy atom. The van der Waals surface area contributed by atoms with E-state index in [0.717, 1.165) is 10.9 Å². The molecule has 0 aliphatic rings. The van der Waals surface area contributed by atoms with Crippen LogP contribution >= 0.6 is 0 Å². The van der Waals surface area contributed by atoms with E-state index in [-0.39, 0.29) is 11.5 Å². The van der Waals surface area contributed by atoms with Crippen LogP contribution in [0.1, 0.15) is 34.7 Å². The zero-order valence-corrected chi connectivity index (χ0v) is 14.4. The molecular weight excluding hydrogens is 332 g/mol. The first kappa shape index (κ1) is 17.4. The van der Waals surface area contributed by atoms with Gasteiger partial charge in [-0.15, -0.1) is 0 Å². The molecule has 1 aromatic heterocycles. The number of aromatic nitrogens is 1. The molecule has 2 N–H and O–H groups in total. The summed E-state index contributed by atoms with van der Waals surface area (Å²) < 4.78 is 5.23. The predicted octanol–water partition coefficient (Wildman–Crippen LogP) is 3.55. The van der Waals surface area contributed by atoms with E-state index in [1.165, 1.54) is 13.8 Å². The normalized spacial score (nSPS) is 11.8. The first-order valence-corrected chi connectivity index (χ1v) is 8.14. The van der Waals surface area contributed by atoms with E-state index in [4.69, 9.17) is 4.74 Å². The second-order valence-electron chi connectivity index (χ2n) is 5.94. The van der Waals surface area contributed by atoms with Gasteiger partial charge in [-0.3, -0.25) is 9.59 Å². The summed E-state index contributed by atoms with van der Waals surface area (Å²) in [6, 6.07) is 15.7. The van der Waals surface area contributed by atoms with Crippen LogP contribution < -0.4 is 5.32 Å². The molecule has 132 valence electrons. The maximum Gasteiger partial charge on any atom is 0.355 e. The smallest absolute Gasteiger partial charge is 0.355 e. The van der Waals surface area contributed by atoms with Gasteiger partial charge in [0.25, 0.3) is 5.91 Å². The minimum absolute atomic E-state index is 0.0978. The van der Waals surface area contributed by atoms with E-state index in [9.17, 15) is 14.4 Å². The van der Waals surface area contributed by atoms with Crippen LogP contribution in [-0.4, -0.2) is 28.7 Å². The number of hydrogen-bond acceptors (Lipinski definition) is 4. The quantitative estimate of drug-likeness (QED) is 0.544. The van der Waals surface area contributed by atoms with E-state index < -0.39 is 18.0 Å². The van der Waals surface area contributed by atoms with Crippen LogP contribution in [-0.2, 0) is 9.53 Å². The third kappa shape index (κ3) is 3.80. The number of amides is 1. The highest BCUT2D eigenvalue weighted by atomic mass is 16.5. The second-order valence-corrected chi connectivity index (χ2v) is 5.94. The lowest BCUT2D eigenvalue weighted by Crippen LogP contribution is -2.30. The highest BCUT2D eigenvalue weighted by Gasteiger charge is 2.20. The van der Waals surface area contributed by atoms with Gasteiger partial charge in [0.05, 0.1) is 0 Å². The molecule has 0 radical (unpaired) electrons. The van der Waals surface area contributed by atoms with Gasteiger partial charge in [-0.25, -0.2) is 4.79 Å². The van der Waals surface area contributed by atoms with Gasteiger partial charge in [0.15, 0.2) is 11.9 Å². The molecule has 1 atom stereocenters. The van der Waals surface area contributed by atoms with Crippen molar-refractivity contribution in [2.45, 2.75) is 20.0 Å². The average molecular weight is 350 g/mol. The van der Waals surface area contributed by atoms with Crippen molar-refractivity contribution < 1.29 is 19.1 Å². The number of carbonyl (C=O) groups is 3. The number of H-pyrrole nitrogens is 1. The third-order valence-electron chi connectivity index (χ3n) is 3.94. The lowest BCUT2D eigenvalue weighted by Gasteiger charge is -2.13. The molecule has 3 aromatic rings. The Labute approximate surface area is 150 Å². The number of Topliss-reactive ketones (excluding diaryl/α,β-unsaturated/α-hetero) is 1. The number of esters is 1. The zero-order valence-electron chi connectivity index (χ0n) is 14.4. The summed E-state index contributed by atoms with van der Waals surface area (Å²) in [6.07, 6.45) is -0.991. The summed E-state index contributed by atoms with van der Waals surface area (Å²) in [5.41, 5.74) is 2.06. The standard InChI is InChI=1S/C20H18N2O4/c1-12(23)14-7-5-8-16(10-14)21-19(24)13(2)26-20(25)18-11-15-6-3-4-9-17(15)22-18/h3-11,13,22H,1-2H3,(H,21,24)/t13-/m1/s1. The van der Waals surface area contributed by atoms with Gasteiger partial charge in [-0.2, -0.15) is 0 Å². The van der Waals surface area contributed by atoms with Crippen molar-refractivity contribution in [3.8, 4) is 0 Å². The second kappa shape index (κ2) is 7.23. The number of ether oxygens (including phenoxy) is 1. The van der Waals surface area contributed by atoms with E-state index in [1.54, 1.807) is 30.3 Å². The van der Waals surface area contributed by atoms with E-state index in [1.807, 2.05) is 24.3 Å².